The van der Waals surface area contributed by atoms with E-state index >= 15 is 0 Å². The molecule has 0 saturated carbocycles. The maximum atomic E-state index is 11.8. The number of rotatable bonds is 2. The van der Waals surface area contributed by atoms with E-state index in [9.17, 15) is 4.79 Å². The normalized spacial score (nSPS) is 13.4. The summed E-state index contributed by atoms with van der Waals surface area (Å²) in [4.78, 5) is 13.6. The van der Waals surface area contributed by atoms with Crippen molar-refractivity contribution in [3.05, 3.63) is 23.8 Å². The van der Waals surface area contributed by atoms with Crippen LogP contribution in [0.4, 0.5) is 5.69 Å². The Morgan fingerprint density at radius 3 is 3.00 bits per heavy atom. The second-order valence-corrected chi connectivity index (χ2v) is 3.90. The summed E-state index contributed by atoms with van der Waals surface area (Å²) in [5, 5.41) is 0. The highest BCUT2D eigenvalue weighted by Crippen LogP contribution is 2.32. The van der Waals surface area contributed by atoms with Gasteiger partial charge in [-0.1, -0.05) is 6.07 Å². The summed E-state index contributed by atoms with van der Waals surface area (Å²) in [6.07, 6.45) is 0.382. The average Bonchev–Trinajstić information content (AvgIpc) is 2.28. The van der Waals surface area contributed by atoms with Crippen LogP contribution in [0, 0.1) is 6.92 Å². The summed E-state index contributed by atoms with van der Waals surface area (Å²) in [5.41, 5.74) is 7.39. The molecule has 0 radical (unpaired) electrons. The van der Waals surface area contributed by atoms with E-state index in [-0.39, 0.29) is 18.3 Å². The van der Waals surface area contributed by atoms with E-state index in [0.29, 0.717) is 26.1 Å². The highest BCUT2D eigenvalue weighted by atomic mass is 35.5. The quantitative estimate of drug-likeness (QED) is 0.872. The molecule has 5 heteroatoms. The van der Waals surface area contributed by atoms with Gasteiger partial charge in [-0.2, -0.15) is 0 Å². The molecular formula is C12H17ClN2O2. The van der Waals surface area contributed by atoms with Crippen molar-refractivity contribution in [1.29, 1.82) is 0 Å². The van der Waals surface area contributed by atoms with Gasteiger partial charge < -0.3 is 15.4 Å². The van der Waals surface area contributed by atoms with Crippen molar-refractivity contribution >= 4 is 24.0 Å². The minimum absolute atomic E-state index is 0. The van der Waals surface area contributed by atoms with Crippen molar-refractivity contribution in [1.82, 2.24) is 0 Å². The number of nitrogens with zero attached hydrogens (tertiary/aromatic N) is 1. The molecule has 0 spiro atoms. The Kier molecular flexibility index (Phi) is 4.78. The van der Waals surface area contributed by atoms with Crippen molar-refractivity contribution in [3.63, 3.8) is 0 Å². The van der Waals surface area contributed by atoms with Gasteiger partial charge in [0.2, 0.25) is 5.91 Å². The number of amides is 1. The zero-order valence-electron chi connectivity index (χ0n) is 9.81. The number of ether oxygens (including phenoxy) is 1. The van der Waals surface area contributed by atoms with E-state index in [1.165, 1.54) is 0 Å². The van der Waals surface area contributed by atoms with Crippen LogP contribution in [0.25, 0.3) is 0 Å². The van der Waals surface area contributed by atoms with E-state index in [4.69, 9.17) is 10.5 Å². The minimum atomic E-state index is 0. The van der Waals surface area contributed by atoms with Gasteiger partial charge in [-0.15, -0.1) is 12.4 Å². The molecule has 0 fully saturated rings. The molecule has 1 aromatic carbocycles. The molecule has 0 unspecified atom stereocenters. The Labute approximate surface area is 107 Å². The van der Waals surface area contributed by atoms with Gasteiger partial charge in [0, 0.05) is 13.0 Å². The molecule has 0 aromatic heterocycles. The number of anilines is 1. The van der Waals surface area contributed by atoms with Crippen molar-refractivity contribution in [2.45, 2.75) is 13.3 Å². The molecule has 94 valence electrons. The maximum absolute atomic E-state index is 11.8. The molecule has 0 bridgehead atoms. The van der Waals surface area contributed by atoms with Crippen LogP contribution in [0.3, 0.4) is 0 Å². The second kappa shape index (κ2) is 5.89. The highest BCUT2D eigenvalue weighted by molar-refractivity contribution is 5.95. The molecule has 1 amide bonds. The van der Waals surface area contributed by atoms with Crippen LogP contribution >= 0.6 is 12.4 Å². The molecule has 0 saturated heterocycles. The van der Waals surface area contributed by atoms with E-state index in [1.54, 1.807) is 4.90 Å². The molecule has 1 aliphatic heterocycles. The summed E-state index contributed by atoms with van der Waals surface area (Å²) in [5.74, 6) is 0.854. The molecule has 1 aliphatic rings. The summed E-state index contributed by atoms with van der Waals surface area (Å²) in [6, 6.07) is 5.87. The Bertz CT molecular complexity index is 409. The predicted octanol–water partition coefficient (Wildman–Crippen LogP) is 1.49. The van der Waals surface area contributed by atoms with Gasteiger partial charge in [0.1, 0.15) is 12.4 Å². The Hall–Kier alpha value is -1.26. The van der Waals surface area contributed by atoms with E-state index < -0.39 is 0 Å². The van der Waals surface area contributed by atoms with Gasteiger partial charge in [0.15, 0.2) is 0 Å². The standard InChI is InChI=1S/C12H16N2O2.ClH/c1-9-2-3-10-11(8-9)16-7-6-14(10)12(15)4-5-13;/h2-3,8H,4-7,13H2,1H3;1H. The fourth-order valence-electron chi connectivity index (χ4n) is 1.84. The topological polar surface area (TPSA) is 55.6 Å². The number of aryl methyl sites for hydroxylation is 1. The van der Waals surface area contributed by atoms with E-state index in [2.05, 4.69) is 0 Å². The molecular weight excluding hydrogens is 240 g/mol. The van der Waals surface area contributed by atoms with Crippen LogP contribution in [-0.4, -0.2) is 25.6 Å². The van der Waals surface area contributed by atoms with Gasteiger partial charge in [0.25, 0.3) is 0 Å². The van der Waals surface area contributed by atoms with Crippen LogP contribution in [0.1, 0.15) is 12.0 Å². The summed E-state index contributed by atoms with van der Waals surface area (Å²) >= 11 is 0. The third-order valence-corrected chi connectivity index (χ3v) is 2.64. The number of carbonyl (C=O) groups is 1. The van der Waals surface area contributed by atoms with E-state index in [1.807, 2.05) is 25.1 Å². The van der Waals surface area contributed by atoms with Crippen LogP contribution in [0.5, 0.6) is 5.75 Å². The second-order valence-electron chi connectivity index (χ2n) is 3.90. The maximum Gasteiger partial charge on any atom is 0.228 e. The average molecular weight is 257 g/mol. The SMILES string of the molecule is Cc1ccc2c(c1)OCCN2C(=O)CCN.Cl. The Morgan fingerprint density at radius 2 is 2.29 bits per heavy atom. The smallest absolute Gasteiger partial charge is 0.228 e. The lowest BCUT2D eigenvalue weighted by Gasteiger charge is -2.29. The first-order chi connectivity index (χ1) is 7.72. The zero-order chi connectivity index (χ0) is 11.5. The van der Waals surface area contributed by atoms with Gasteiger partial charge in [0.05, 0.1) is 12.2 Å². The largest absolute Gasteiger partial charge is 0.490 e. The van der Waals surface area contributed by atoms with Crippen LogP contribution in [0.15, 0.2) is 18.2 Å². The van der Waals surface area contributed by atoms with Crippen LogP contribution in [0.2, 0.25) is 0 Å². The fraction of sp³-hybridized carbons (Fsp3) is 0.417. The van der Waals surface area contributed by atoms with Gasteiger partial charge in [-0.3, -0.25) is 4.79 Å². The first kappa shape index (κ1) is 13.8. The van der Waals surface area contributed by atoms with Crippen LogP contribution < -0.4 is 15.4 Å². The minimum Gasteiger partial charge on any atom is -0.490 e. The predicted molar refractivity (Wildman–Crippen MR) is 69.9 cm³/mol. The molecule has 1 heterocycles. The van der Waals surface area contributed by atoms with Gasteiger partial charge >= 0.3 is 0 Å². The summed E-state index contributed by atoms with van der Waals surface area (Å²) in [7, 11) is 0. The summed E-state index contributed by atoms with van der Waals surface area (Å²) < 4.78 is 5.54. The molecule has 1 aromatic rings. The van der Waals surface area contributed by atoms with Crippen LogP contribution in [-0.2, 0) is 4.79 Å². The Morgan fingerprint density at radius 1 is 1.53 bits per heavy atom. The third-order valence-electron chi connectivity index (χ3n) is 2.64. The molecule has 2 rings (SSSR count). The molecule has 4 nitrogen and oxygen atoms in total. The van der Waals surface area contributed by atoms with Gasteiger partial charge in [-0.25, -0.2) is 0 Å². The number of hydrogen-bond acceptors (Lipinski definition) is 3. The van der Waals surface area contributed by atoms with E-state index in [0.717, 1.165) is 17.0 Å². The van der Waals surface area contributed by atoms with Crippen molar-refractivity contribution in [3.8, 4) is 5.75 Å². The lowest BCUT2D eigenvalue weighted by atomic mass is 10.1. The Balaban J connectivity index is 0.00000144. The lowest BCUT2D eigenvalue weighted by molar-refractivity contribution is -0.118. The zero-order valence-corrected chi connectivity index (χ0v) is 10.6. The number of hydrogen-bond donors (Lipinski definition) is 1. The first-order valence-corrected chi connectivity index (χ1v) is 5.46. The molecule has 2 N–H and O–H groups in total. The van der Waals surface area contributed by atoms with Crippen molar-refractivity contribution < 1.29 is 9.53 Å². The lowest BCUT2D eigenvalue weighted by Crippen LogP contribution is -2.38. The highest BCUT2D eigenvalue weighted by Gasteiger charge is 2.22. The molecule has 0 atom stereocenters. The summed E-state index contributed by atoms with van der Waals surface area (Å²) in [6.45, 7) is 3.54. The van der Waals surface area contributed by atoms with Crippen molar-refractivity contribution in [2.75, 3.05) is 24.6 Å². The number of fused-ring (bicyclic) bond motifs is 1. The third kappa shape index (κ3) is 2.90. The molecule has 0 aliphatic carbocycles. The first-order valence-electron chi connectivity index (χ1n) is 5.46. The monoisotopic (exact) mass is 256 g/mol. The molecule has 17 heavy (non-hydrogen) atoms. The number of nitrogens with two attached hydrogens (primary N) is 1. The number of halogens is 1. The number of carbonyl (C=O) groups excluding carboxylic acids is 1. The van der Waals surface area contributed by atoms with Gasteiger partial charge in [-0.05, 0) is 24.6 Å². The van der Waals surface area contributed by atoms with Crippen molar-refractivity contribution in [2.24, 2.45) is 5.73 Å². The number of benzene rings is 1. The fourth-order valence-corrected chi connectivity index (χ4v) is 1.84.